The molecule has 1 unspecified atom stereocenters. The summed E-state index contributed by atoms with van der Waals surface area (Å²) in [6.45, 7) is 5.41. The van der Waals surface area contributed by atoms with Crippen LogP contribution in [-0.2, 0) is 9.59 Å². The summed E-state index contributed by atoms with van der Waals surface area (Å²) in [7, 11) is 0. The number of para-hydroxylation sites is 2. The average Bonchev–Trinajstić information content (AvgIpc) is 2.99. The number of nitrogens with one attached hydrogen (secondary N) is 3. The Labute approximate surface area is 152 Å². The molecule has 1 aromatic heterocycles. The third kappa shape index (κ3) is 5.49. The minimum atomic E-state index is -0.517. The van der Waals surface area contributed by atoms with Gasteiger partial charge in [0.2, 0.25) is 11.8 Å². The van der Waals surface area contributed by atoms with Crippen LogP contribution in [0.15, 0.2) is 24.3 Å². The number of aromatic nitrogens is 2. The number of hydrogen-bond acceptors (Lipinski definition) is 4. The number of aromatic amines is 1. The smallest absolute Gasteiger partial charge is 0.239 e. The molecule has 1 atom stereocenters. The number of rotatable bonds is 7. The molecule has 136 valence electrons. The van der Waals surface area contributed by atoms with Gasteiger partial charge in [0, 0.05) is 5.41 Å². The quantitative estimate of drug-likeness (QED) is 0.707. The number of amides is 2. The molecular weight excluding hydrogens is 336 g/mol. The van der Waals surface area contributed by atoms with Crippen molar-refractivity contribution in [2.24, 2.45) is 5.41 Å². The van der Waals surface area contributed by atoms with E-state index in [1.165, 1.54) is 0 Å². The average molecular weight is 362 g/mol. The molecule has 0 fully saturated rings. The number of imidazole rings is 1. The summed E-state index contributed by atoms with van der Waals surface area (Å²) in [4.78, 5) is 32.0. The lowest BCUT2D eigenvalue weighted by atomic mass is 9.96. The topological polar surface area (TPSA) is 86.9 Å². The largest absolute Gasteiger partial charge is 0.347 e. The number of H-pyrrole nitrogens is 1. The van der Waals surface area contributed by atoms with E-state index in [0.717, 1.165) is 29.0 Å². The van der Waals surface area contributed by atoms with Gasteiger partial charge in [0.25, 0.3) is 0 Å². The van der Waals surface area contributed by atoms with Gasteiger partial charge in [-0.15, -0.1) is 0 Å². The van der Waals surface area contributed by atoms with Gasteiger partial charge in [-0.1, -0.05) is 32.9 Å². The van der Waals surface area contributed by atoms with E-state index in [2.05, 4.69) is 20.6 Å². The number of benzene rings is 1. The van der Waals surface area contributed by atoms with Crippen LogP contribution >= 0.6 is 11.8 Å². The van der Waals surface area contributed by atoms with Gasteiger partial charge >= 0.3 is 0 Å². The van der Waals surface area contributed by atoms with Crippen LogP contribution in [0.4, 0.5) is 0 Å². The maximum Gasteiger partial charge on any atom is 0.239 e. The van der Waals surface area contributed by atoms with Gasteiger partial charge in [0.1, 0.15) is 5.82 Å². The van der Waals surface area contributed by atoms with Gasteiger partial charge in [0.05, 0.1) is 23.6 Å². The van der Waals surface area contributed by atoms with E-state index in [0.29, 0.717) is 0 Å². The summed E-state index contributed by atoms with van der Waals surface area (Å²) >= 11 is 1.72. The molecule has 0 saturated heterocycles. The predicted molar refractivity (Wildman–Crippen MR) is 102 cm³/mol. The van der Waals surface area contributed by atoms with E-state index in [9.17, 15) is 9.59 Å². The van der Waals surface area contributed by atoms with Crippen LogP contribution in [-0.4, -0.2) is 40.3 Å². The zero-order chi connectivity index (χ0) is 18.4. The second kappa shape index (κ2) is 8.38. The van der Waals surface area contributed by atoms with Crippen molar-refractivity contribution >= 4 is 34.6 Å². The van der Waals surface area contributed by atoms with Crippen LogP contribution in [0.5, 0.6) is 0 Å². The Morgan fingerprint density at radius 2 is 2.00 bits per heavy atom. The maximum absolute atomic E-state index is 12.3. The summed E-state index contributed by atoms with van der Waals surface area (Å²) in [6, 6.07) is 7.57. The Bertz CT molecular complexity index is 703. The molecule has 0 aliphatic rings. The lowest BCUT2D eigenvalue weighted by Crippen LogP contribution is -2.42. The predicted octanol–water partition coefficient (Wildman–Crippen LogP) is 2.64. The van der Waals surface area contributed by atoms with Crippen molar-refractivity contribution in [1.82, 2.24) is 20.6 Å². The second-order valence-corrected chi connectivity index (χ2v) is 7.96. The second-order valence-electron chi connectivity index (χ2n) is 6.97. The molecule has 3 N–H and O–H groups in total. The summed E-state index contributed by atoms with van der Waals surface area (Å²) in [5.74, 6) is 1.28. The fraction of sp³-hybridized carbons (Fsp3) is 0.500. The van der Waals surface area contributed by atoms with E-state index in [4.69, 9.17) is 0 Å². The number of carbonyl (C=O) groups excluding carboxylic acids is 2. The first-order chi connectivity index (χ1) is 11.8. The highest BCUT2D eigenvalue weighted by molar-refractivity contribution is 7.98. The summed E-state index contributed by atoms with van der Waals surface area (Å²) in [5, 5.41) is 5.65. The lowest BCUT2D eigenvalue weighted by Gasteiger charge is -2.19. The minimum Gasteiger partial charge on any atom is -0.347 e. The van der Waals surface area contributed by atoms with Crippen molar-refractivity contribution in [2.75, 3.05) is 18.6 Å². The molecule has 0 saturated carbocycles. The number of carbonyl (C=O) groups is 2. The molecular formula is C18H26N4O2S. The normalized spacial score (nSPS) is 12.8. The Balaban J connectivity index is 2.04. The molecule has 25 heavy (non-hydrogen) atoms. The van der Waals surface area contributed by atoms with Crippen molar-refractivity contribution in [3.05, 3.63) is 30.1 Å². The van der Waals surface area contributed by atoms with Crippen molar-refractivity contribution < 1.29 is 9.59 Å². The Morgan fingerprint density at radius 1 is 1.28 bits per heavy atom. The fourth-order valence-electron chi connectivity index (χ4n) is 2.32. The van der Waals surface area contributed by atoms with Crippen LogP contribution in [0.2, 0.25) is 0 Å². The first kappa shape index (κ1) is 19.3. The highest BCUT2D eigenvalue weighted by Crippen LogP contribution is 2.20. The Morgan fingerprint density at radius 3 is 2.64 bits per heavy atom. The molecule has 0 radical (unpaired) electrons. The van der Waals surface area contributed by atoms with E-state index in [1.807, 2.05) is 51.3 Å². The van der Waals surface area contributed by atoms with Crippen molar-refractivity contribution in [3.63, 3.8) is 0 Å². The standard InChI is InChI=1S/C18H26N4O2S/c1-18(2,3)17(24)19-11-15(23)20-14(9-10-25-4)16-21-12-7-5-6-8-13(12)22-16/h5-8,14H,9-11H2,1-4H3,(H,19,24)(H,20,23)(H,21,22). The van der Waals surface area contributed by atoms with Crippen LogP contribution in [0, 0.1) is 5.41 Å². The van der Waals surface area contributed by atoms with E-state index >= 15 is 0 Å². The first-order valence-corrected chi connectivity index (χ1v) is 9.72. The Kier molecular flexibility index (Phi) is 6.47. The molecule has 1 aromatic carbocycles. The molecule has 0 aliphatic carbocycles. The van der Waals surface area contributed by atoms with Crippen molar-refractivity contribution in [1.29, 1.82) is 0 Å². The van der Waals surface area contributed by atoms with Gasteiger partial charge in [-0.3, -0.25) is 9.59 Å². The molecule has 0 bridgehead atoms. The van der Waals surface area contributed by atoms with Gasteiger partial charge in [-0.2, -0.15) is 11.8 Å². The van der Waals surface area contributed by atoms with E-state index in [-0.39, 0.29) is 24.4 Å². The minimum absolute atomic E-state index is 0.0356. The van der Waals surface area contributed by atoms with Crippen LogP contribution in [0.25, 0.3) is 11.0 Å². The highest BCUT2D eigenvalue weighted by Gasteiger charge is 2.23. The van der Waals surface area contributed by atoms with Crippen LogP contribution < -0.4 is 10.6 Å². The lowest BCUT2D eigenvalue weighted by molar-refractivity contribution is -0.131. The van der Waals surface area contributed by atoms with Gasteiger partial charge in [-0.05, 0) is 30.6 Å². The third-order valence-electron chi connectivity index (χ3n) is 3.77. The fourth-order valence-corrected chi connectivity index (χ4v) is 2.79. The zero-order valence-electron chi connectivity index (χ0n) is 15.2. The third-order valence-corrected chi connectivity index (χ3v) is 4.42. The SMILES string of the molecule is CSCCC(NC(=O)CNC(=O)C(C)(C)C)c1nc2ccccc2[nH]1. The summed E-state index contributed by atoms with van der Waals surface area (Å²) in [5.41, 5.74) is 1.31. The maximum atomic E-state index is 12.3. The molecule has 2 rings (SSSR count). The number of fused-ring (bicyclic) bond motifs is 1. The van der Waals surface area contributed by atoms with Gasteiger partial charge in [0.15, 0.2) is 0 Å². The first-order valence-electron chi connectivity index (χ1n) is 8.32. The molecule has 1 heterocycles. The molecule has 6 nitrogen and oxygen atoms in total. The molecule has 0 spiro atoms. The van der Waals surface area contributed by atoms with Crippen molar-refractivity contribution in [2.45, 2.75) is 33.2 Å². The van der Waals surface area contributed by atoms with E-state index in [1.54, 1.807) is 11.8 Å². The monoisotopic (exact) mass is 362 g/mol. The molecule has 0 aliphatic heterocycles. The summed E-state index contributed by atoms with van der Waals surface area (Å²) in [6.07, 6.45) is 2.79. The molecule has 2 amide bonds. The number of thioether (sulfide) groups is 1. The number of hydrogen-bond donors (Lipinski definition) is 3. The van der Waals surface area contributed by atoms with Crippen LogP contribution in [0.3, 0.4) is 0 Å². The highest BCUT2D eigenvalue weighted by atomic mass is 32.2. The van der Waals surface area contributed by atoms with Crippen molar-refractivity contribution in [3.8, 4) is 0 Å². The summed E-state index contributed by atoms with van der Waals surface area (Å²) < 4.78 is 0. The molecule has 2 aromatic rings. The van der Waals surface area contributed by atoms with Crippen LogP contribution in [0.1, 0.15) is 39.1 Å². The number of nitrogens with zero attached hydrogens (tertiary/aromatic N) is 1. The Hall–Kier alpha value is -2.02. The zero-order valence-corrected chi connectivity index (χ0v) is 16.0. The van der Waals surface area contributed by atoms with Gasteiger partial charge in [-0.25, -0.2) is 4.98 Å². The molecule has 7 heteroatoms. The van der Waals surface area contributed by atoms with Gasteiger partial charge < -0.3 is 15.6 Å². The van der Waals surface area contributed by atoms with E-state index < -0.39 is 5.41 Å².